The molecule has 80 valence electrons. The fourth-order valence-electron chi connectivity index (χ4n) is 1.53. The summed E-state index contributed by atoms with van der Waals surface area (Å²) in [6.07, 6.45) is 1.54. The molecule has 0 fully saturated rings. The second-order valence-electron chi connectivity index (χ2n) is 3.43. The minimum atomic E-state index is -3.24. The Morgan fingerprint density at radius 1 is 1.40 bits per heavy atom. The van der Waals surface area contributed by atoms with E-state index in [1.807, 2.05) is 0 Å². The smallest absolute Gasteiger partial charge is 0.200 e. The summed E-state index contributed by atoms with van der Waals surface area (Å²) in [5.41, 5.74) is 7.00. The summed E-state index contributed by atoms with van der Waals surface area (Å²) in [5, 5.41) is 10.1. The lowest BCUT2D eigenvalue weighted by molar-refractivity contribution is 0.268. The Morgan fingerprint density at radius 2 is 2.13 bits per heavy atom. The van der Waals surface area contributed by atoms with Crippen molar-refractivity contribution in [3.8, 4) is 0 Å². The molecule has 2 rings (SSSR count). The van der Waals surface area contributed by atoms with Crippen LogP contribution < -0.4 is 5.73 Å². The minimum absolute atomic E-state index is 0.157. The summed E-state index contributed by atoms with van der Waals surface area (Å²) in [4.78, 5) is 0.302. The molecule has 0 bridgehead atoms. The van der Waals surface area contributed by atoms with Crippen molar-refractivity contribution in [2.24, 2.45) is 5.73 Å². The van der Waals surface area contributed by atoms with Gasteiger partial charge in [-0.1, -0.05) is 6.07 Å². The summed E-state index contributed by atoms with van der Waals surface area (Å²) in [5.74, 6) is 0. The van der Waals surface area contributed by atoms with Gasteiger partial charge in [-0.05, 0) is 29.3 Å². The Hall–Kier alpha value is -1.17. The van der Waals surface area contributed by atoms with Gasteiger partial charge in [-0.2, -0.15) is 0 Å². The number of sulfone groups is 1. The Morgan fingerprint density at radius 3 is 2.80 bits per heavy atom. The van der Waals surface area contributed by atoms with Crippen molar-refractivity contribution in [1.82, 2.24) is 0 Å². The molecule has 0 aromatic heterocycles. The maximum absolute atomic E-state index is 11.4. The molecule has 1 aliphatic heterocycles. The standard InChI is InChI=1S/C10H11NO3S/c11-9(6-12)7-1-2-10-8(5-7)3-4-15(10,13)14/h1-5,9,12H,6,11H2. The van der Waals surface area contributed by atoms with Crippen LogP contribution in [0.25, 0.3) is 6.08 Å². The molecule has 0 aliphatic carbocycles. The molecule has 1 aromatic carbocycles. The van der Waals surface area contributed by atoms with E-state index in [-0.39, 0.29) is 6.61 Å². The number of hydrogen-bond donors (Lipinski definition) is 2. The van der Waals surface area contributed by atoms with E-state index in [4.69, 9.17) is 10.8 Å². The van der Waals surface area contributed by atoms with Crippen molar-refractivity contribution in [3.05, 3.63) is 34.7 Å². The van der Waals surface area contributed by atoms with Gasteiger partial charge in [-0.25, -0.2) is 8.42 Å². The quantitative estimate of drug-likeness (QED) is 0.765. The molecular formula is C10H11NO3S. The summed E-state index contributed by atoms with van der Waals surface area (Å²) >= 11 is 0. The molecule has 0 saturated heterocycles. The van der Waals surface area contributed by atoms with Crippen LogP contribution in [0.2, 0.25) is 0 Å². The molecule has 1 unspecified atom stereocenters. The highest BCUT2D eigenvalue weighted by molar-refractivity contribution is 7.94. The Labute approximate surface area is 88.0 Å². The number of hydrogen-bond acceptors (Lipinski definition) is 4. The van der Waals surface area contributed by atoms with Crippen LogP contribution in [0.1, 0.15) is 17.2 Å². The highest BCUT2D eigenvalue weighted by atomic mass is 32.2. The third-order valence-corrected chi connectivity index (χ3v) is 3.87. The first-order chi connectivity index (χ1) is 7.04. The van der Waals surface area contributed by atoms with E-state index in [1.165, 1.54) is 17.6 Å². The van der Waals surface area contributed by atoms with Crippen LogP contribution in [0.5, 0.6) is 0 Å². The summed E-state index contributed by atoms with van der Waals surface area (Å²) in [7, 11) is -3.24. The van der Waals surface area contributed by atoms with E-state index >= 15 is 0 Å². The average Bonchev–Trinajstić information content (AvgIpc) is 2.53. The van der Waals surface area contributed by atoms with Gasteiger partial charge in [-0.3, -0.25) is 0 Å². The highest BCUT2D eigenvalue weighted by Gasteiger charge is 2.21. The SMILES string of the molecule is NC(CO)c1ccc2c(c1)C=CS2(=O)=O. The van der Waals surface area contributed by atoms with E-state index in [2.05, 4.69) is 0 Å². The molecule has 0 spiro atoms. The van der Waals surface area contributed by atoms with E-state index in [9.17, 15) is 8.42 Å². The van der Waals surface area contributed by atoms with Crippen LogP contribution in [-0.4, -0.2) is 20.1 Å². The van der Waals surface area contributed by atoms with E-state index in [0.29, 0.717) is 10.5 Å². The molecule has 3 N–H and O–H groups in total. The van der Waals surface area contributed by atoms with Crippen LogP contribution in [0, 0.1) is 0 Å². The molecule has 4 nitrogen and oxygen atoms in total. The van der Waals surface area contributed by atoms with Crippen LogP contribution >= 0.6 is 0 Å². The van der Waals surface area contributed by atoms with Crippen LogP contribution in [-0.2, 0) is 9.84 Å². The molecule has 0 amide bonds. The van der Waals surface area contributed by atoms with Gasteiger partial charge < -0.3 is 10.8 Å². The molecule has 1 aliphatic rings. The zero-order chi connectivity index (χ0) is 11.1. The molecule has 15 heavy (non-hydrogen) atoms. The van der Waals surface area contributed by atoms with Crippen LogP contribution in [0.4, 0.5) is 0 Å². The van der Waals surface area contributed by atoms with Gasteiger partial charge in [0.05, 0.1) is 17.5 Å². The van der Waals surface area contributed by atoms with Crippen molar-refractivity contribution in [2.45, 2.75) is 10.9 Å². The predicted molar refractivity (Wildman–Crippen MR) is 56.7 cm³/mol. The lowest BCUT2D eigenvalue weighted by Crippen LogP contribution is -2.14. The first-order valence-corrected chi connectivity index (χ1v) is 6.03. The number of nitrogens with two attached hydrogens (primary N) is 1. The fraction of sp³-hybridized carbons (Fsp3) is 0.200. The minimum Gasteiger partial charge on any atom is -0.394 e. The monoisotopic (exact) mass is 225 g/mol. The topological polar surface area (TPSA) is 80.4 Å². The van der Waals surface area contributed by atoms with Gasteiger partial charge >= 0.3 is 0 Å². The molecule has 1 heterocycles. The predicted octanol–water partition coefficient (Wildman–Crippen LogP) is 0.437. The Kier molecular flexibility index (Phi) is 2.38. The second kappa shape index (κ2) is 3.44. The van der Waals surface area contributed by atoms with E-state index in [1.54, 1.807) is 12.1 Å². The van der Waals surface area contributed by atoms with Crippen LogP contribution in [0.3, 0.4) is 0 Å². The zero-order valence-corrected chi connectivity index (χ0v) is 8.74. The number of fused-ring (bicyclic) bond motifs is 1. The lowest BCUT2D eigenvalue weighted by Gasteiger charge is -2.09. The summed E-state index contributed by atoms with van der Waals surface area (Å²) < 4.78 is 22.9. The second-order valence-corrected chi connectivity index (χ2v) is 5.24. The first-order valence-electron chi connectivity index (χ1n) is 4.48. The molecular weight excluding hydrogens is 214 g/mol. The van der Waals surface area contributed by atoms with Crippen molar-refractivity contribution in [1.29, 1.82) is 0 Å². The zero-order valence-electron chi connectivity index (χ0n) is 7.92. The normalized spacial score (nSPS) is 18.8. The Bertz CT molecular complexity index is 519. The third-order valence-electron chi connectivity index (χ3n) is 2.39. The largest absolute Gasteiger partial charge is 0.394 e. The van der Waals surface area contributed by atoms with Gasteiger partial charge in [0, 0.05) is 5.41 Å². The fourth-order valence-corrected chi connectivity index (χ4v) is 2.71. The van der Waals surface area contributed by atoms with Gasteiger partial charge in [-0.15, -0.1) is 0 Å². The number of aliphatic hydroxyl groups excluding tert-OH is 1. The van der Waals surface area contributed by atoms with Gasteiger partial charge in [0.15, 0.2) is 9.84 Å². The lowest BCUT2D eigenvalue weighted by atomic mass is 10.1. The van der Waals surface area contributed by atoms with Gasteiger partial charge in [0.2, 0.25) is 0 Å². The maximum atomic E-state index is 11.4. The molecule has 0 radical (unpaired) electrons. The van der Waals surface area contributed by atoms with E-state index in [0.717, 1.165) is 5.56 Å². The molecule has 1 atom stereocenters. The first kappa shape index (κ1) is 10.4. The maximum Gasteiger partial charge on any atom is 0.200 e. The van der Waals surface area contributed by atoms with Gasteiger partial charge in [0.1, 0.15) is 0 Å². The summed E-state index contributed by atoms with van der Waals surface area (Å²) in [6, 6.07) is 4.38. The number of benzene rings is 1. The average molecular weight is 225 g/mol. The number of aliphatic hydroxyl groups is 1. The molecule has 0 saturated carbocycles. The third kappa shape index (κ3) is 1.69. The highest BCUT2D eigenvalue weighted by Crippen LogP contribution is 2.28. The molecule has 5 heteroatoms. The number of rotatable bonds is 2. The van der Waals surface area contributed by atoms with Crippen molar-refractivity contribution < 1.29 is 13.5 Å². The Balaban J connectivity index is 2.51. The van der Waals surface area contributed by atoms with Crippen molar-refractivity contribution in [3.63, 3.8) is 0 Å². The summed E-state index contributed by atoms with van der Waals surface area (Å²) in [6.45, 7) is -0.157. The van der Waals surface area contributed by atoms with E-state index < -0.39 is 15.9 Å². The van der Waals surface area contributed by atoms with Crippen molar-refractivity contribution >= 4 is 15.9 Å². The van der Waals surface area contributed by atoms with Gasteiger partial charge in [0.25, 0.3) is 0 Å². The van der Waals surface area contributed by atoms with Crippen LogP contribution in [0.15, 0.2) is 28.5 Å². The van der Waals surface area contributed by atoms with Crippen molar-refractivity contribution in [2.75, 3.05) is 6.61 Å². The molecule has 1 aromatic rings.